The van der Waals surface area contributed by atoms with Gasteiger partial charge >= 0.3 is 0 Å². The number of aromatic nitrogens is 1. The van der Waals surface area contributed by atoms with Crippen LogP contribution in [0, 0.1) is 0 Å². The van der Waals surface area contributed by atoms with Crippen LogP contribution in [0.2, 0.25) is 0 Å². The van der Waals surface area contributed by atoms with Gasteiger partial charge in [-0.05, 0) is 32.1 Å². The Labute approximate surface area is 82.8 Å². The Morgan fingerprint density at radius 3 is 2.93 bits per heavy atom. The molecule has 0 unspecified atom stereocenters. The van der Waals surface area contributed by atoms with Crippen molar-refractivity contribution in [3.8, 4) is 0 Å². The van der Waals surface area contributed by atoms with E-state index >= 15 is 0 Å². The van der Waals surface area contributed by atoms with Gasteiger partial charge in [0.15, 0.2) is 0 Å². The first-order valence-electron chi connectivity index (χ1n) is 4.44. The fourth-order valence-electron chi connectivity index (χ4n) is 1.22. The number of nitrogens with zero attached hydrogens (tertiary/aromatic N) is 1. The summed E-state index contributed by atoms with van der Waals surface area (Å²) in [5.41, 5.74) is 2.47. The van der Waals surface area contributed by atoms with Crippen LogP contribution in [-0.4, -0.2) is 15.7 Å². The standard InChI is InChI=1S/C10H14N2O2/c1-8(2)12-7-3-4-9(12)5-6-10(13)11-14/h3-8,14H,1-2H3,(H,11,13)/b6-5+. The molecule has 0 aliphatic heterocycles. The van der Waals surface area contributed by atoms with Crippen LogP contribution in [-0.2, 0) is 4.79 Å². The molecular weight excluding hydrogens is 180 g/mol. The third kappa shape index (κ3) is 2.47. The van der Waals surface area contributed by atoms with Crippen molar-refractivity contribution in [2.45, 2.75) is 19.9 Å². The molecule has 0 aliphatic carbocycles. The van der Waals surface area contributed by atoms with Gasteiger partial charge in [0.05, 0.1) is 0 Å². The van der Waals surface area contributed by atoms with Crippen LogP contribution in [0.1, 0.15) is 25.6 Å². The van der Waals surface area contributed by atoms with Crippen molar-refractivity contribution in [3.05, 3.63) is 30.1 Å². The van der Waals surface area contributed by atoms with Gasteiger partial charge in [0, 0.05) is 24.0 Å². The Morgan fingerprint density at radius 1 is 1.64 bits per heavy atom. The fourth-order valence-corrected chi connectivity index (χ4v) is 1.22. The Bertz CT molecular complexity index is 340. The molecule has 0 bridgehead atoms. The van der Waals surface area contributed by atoms with Crippen molar-refractivity contribution in [1.29, 1.82) is 0 Å². The maximum Gasteiger partial charge on any atom is 0.267 e. The number of hydroxylamine groups is 1. The number of hydrogen-bond acceptors (Lipinski definition) is 2. The van der Waals surface area contributed by atoms with Crippen molar-refractivity contribution in [1.82, 2.24) is 10.0 Å². The summed E-state index contributed by atoms with van der Waals surface area (Å²) in [7, 11) is 0. The topological polar surface area (TPSA) is 54.3 Å². The molecule has 0 radical (unpaired) electrons. The molecule has 0 atom stereocenters. The minimum absolute atomic E-state index is 0.349. The lowest BCUT2D eigenvalue weighted by Gasteiger charge is -2.09. The number of hydrogen-bond donors (Lipinski definition) is 2. The van der Waals surface area contributed by atoms with Crippen LogP contribution in [0.3, 0.4) is 0 Å². The van der Waals surface area contributed by atoms with E-state index in [1.807, 2.05) is 22.9 Å². The van der Waals surface area contributed by atoms with E-state index in [4.69, 9.17) is 5.21 Å². The van der Waals surface area contributed by atoms with Gasteiger partial charge in [-0.15, -0.1) is 0 Å². The highest BCUT2D eigenvalue weighted by atomic mass is 16.5. The first-order chi connectivity index (χ1) is 6.65. The molecule has 1 heterocycles. The van der Waals surface area contributed by atoms with Crippen LogP contribution < -0.4 is 5.48 Å². The van der Waals surface area contributed by atoms with Gasteiger partial charge in [-0.25, -0.2) is 5.48 Å². The molecule has 4 nitrogen and oxygen atoms in total. The fraction of sp³-hybridized carbons (Fsp3) is 0.300. The van der Waals surface area contributed by atoms with Gasteiger partial charge < -0.3 is 4.57 Å². The second-order valence-electron chi connectivity index (χ2n) is 3.24. The third-order valence-corrected chi connectivity index (χ3v) is 1.88. The molecule has 0 spiro atoms. The zero-order valence-corrected chi connectivity index (χ0v) is 8.27. The van der Waals surface area contributed by atoms with E-state index in [0.717, 1.165) is 5.69 Å². The lowest BCUT2D eigenvalue weighted by Crippen LogP contribution is -2.15. The lowest BCUT2D eigenvalue weighted by molar-refractivity contribution is -0.124. The van der Waals surface area contributed by atoms with Gasteiger partial charge in [-0.1, -0.05) is 0 Å². The second kappa shape index (κ2) is 4.62. The lowest BCUT2D eigenvalue weighted by atomic mass is 10.3. The molecule has 1 aromatic heterocycles. The predicted octanol–water partition coefficient (Wildman–Crippen LogP) is 1.59. The van der Waals surface area contributed by atoms with Gasteiger partial charge in [-0.3, -0.25) is 10.0 Å². The van der Waals surface area contributed by atoms with E-state index < -0.39 is 5.91 Å². The molecule has 1 rings (SSSR count). The molecule has 14 heavy (non-hydrogen) atoms. The molecule has 0 aromatic carbocycles. The average molecular weight is 194 g/mol. The molecular formula is C10H14N2O2. The Balaban J connectivity index is 2.81. The number of carbonyl (C=O) groups excluding carboxylic acids is 1. The van der Waals surface area contributed by atoms with Crippen molar-refractivity contribution in [3.63, 3.8) is 0 Å². The van der Waals surface area contributed by atoms with Crippen LogP contribution >= 0.6 is 0 Å². The second-order valence-corrected chi connectivity index (χ2v) is 3.24. The smallest absolute Gasteiger partial charge is 0.267 e. The molecule has 4 heteroatoms. The molecule has 76 valence electrons. The van der Waals surface area contributed by atoms with Crippen molar-refractivity contribution >= 4 is 12.0 Å². The van der Waals surface area contributed by atoms with E-state index in [0.29, 0.717) is 6.04 Å². The summed E-state index contributed by atoms with van der Waals surface area (Å²) >= 11 is 0. The highest BCUT2D eigenvalue weighted by Crippen LogP contribution is 2.11. The molecule has 0 fully saturated rings. The van der Waals surface area contributed by atoms with E-state index in [1.165, 1.54) is 6.08 Å². The number of carbonyl (C=O) groups is 1. The summed E-state index contributed by atoms with van der Waals surface area (Å²) < 4.78 is 2.03. The quantitative estimate of drug-likeness (QED) is 0.436. The normalized spacial score (nSPS) is 11.1. The van der Waals surface area contributed by atoms with E-state index in [2.05, 4.69) is 13.8 Å². The largest absolute Gasteiger partial charge is 0.345 e. The number of amides is 1. The highest BCUT2D eigenvalue weighted by Gasteiger charge is 2.00. The first kappa shape index (κ1) is 10.5. The monoisotopic (exact) mass is 194 g/mol. The van der Waals surface area contributed by atoms with Crippen molar-refractivity contribution < 1.29 is 10.0 Å². The molecule has 0 saturated carbocycles. The van der Waals surface area contributed by atoms with Crippen LogP contribution in [0.15, 0.2) is 24.4 Å². The van der Waals surface area contributed by atoms with Crippen molar-refractivity contribution in [2.24, 2.45) is 0 Å². The Hall–Kier alpha value is -1.55. The SMILES string of the molecule is CC(C)n1cccc1/C=C/C(=O)NO. The summed E-state index contributed by atoms with van der Waals surface area (Å²) in [5, 5.41) is 8.28. The summed E-state index contributed by atoms with van der Waals surface area (Å²) in [6.07, 6.45) is 4.89. The van der Waals surface area contributed by atoms with E-state index in [9.17, 15) is 4.79 Å². The molecule has 1 aromatic rings. The average Bonchev–Trinajstić information content (AvgIpc) is 2.62. The van der Waals surface area contributed by atoms with Gasteiger partial charge in [0.2, 0.25) is 0 Å². The van der Waals surface area contributed by atoms with E-state index in [-0.39, 0.29) is 0 Å². The minimum Gasteiger partial charge on any atom is -0.345 e. The van der Waals surface area contributed by atoms with E-state index in [1.54, 1.807) is 11.6 Å². The van der Waals surface area contributed by atoms with Gasteiger partial charge in [-0.2, -0.15) is 0 Å². The van der Waals surface area contributed by atoms with Crippen LogP contribution in [0.5, 0.6) is 0 Å². The maximum absolute atomic E-state index is 10.7. The van der Waals surface area contributed by atoms with Crippen LogP contribution in [0.4, 0.5) is 0 Å². The zero-order chi connectivity index (χ0) is 10.6. The summed E-state index contributed by atoms with van der Waals surface area (Å²) in [4.78, 5) is 10.7. The van der Waals surface area contributed by atoms with Crippen molar-refractivity contribution in [2.75, 3.05) is 0 Å². The molecule has 0 aliphatic rings. The number of rotatable bonds is 3. The first-order valence-corrected chi connectivity index (χ1v) is 4.44. The van der Waals surface area contributed by atoms with Gasteiger partial charge in [0.1, 0.15) is 0 Å². The number of nitrogens with one attached hydrogen (secondary N) is 1. The van der Waals surface area contributed by atoms with Crippen LogP contribution in [0.25, 0.3) is 6.08 Å². The summed E-state index contributed by atoms with van der Waals surface area (Å²) in [6, 6.07) is 4.17. The minimum atomic E-state index is -0.526. The molecule has 1 amide bonds. The summed E-state index contributed by atoms with van der Waals surface area (Å²) in [5.74, 6) is -0.526. The Kier molecular flexibility index (Phi) is 3.48. The molecule has 2 N–H and O–H groups in total. The van der Waals surface area contributed by atoms with Gasteiger partial charge in [0.25, 0.3) is 5.91 Å². The maximum atomic E-state index is 10.7. The Morgan fingerprint density at radius 2 is 2.36 bits per heavy atom. The predicted molar refractivity (Wildman–Crippen MR) is 53.8 cm³/mol. The molecule has 0 saturated heterocycles. The third-order valence-electron chi connectivity index (χ3n) is 1.88. The zero-order valence-electron chi connectivity index (χ0n) is 8.27. The highest BCUT2D eigenvalue weighted by molar-refractivity contribution is 5.90. The summed E-state index contributed by atoms with van der Waals surface area (Å²) in [6.45, 7) is 4.12.